The first-order valence-electron chi connectivity index (χ1n) is 10.5. The van der Waals surface area contributed by atoms with Crippen molar-refractivity contribution in [1.82, 2.24) is 9.80 Å². The molecule has 0 aromatic heterocycles. The third kappa shape index (κ3) is 4.53. The second-order valence-corrected chi connectivity index (χ2v) is 8.72. The van der Waals surface area contributed by atoms with Crippen molar-refractivity contribution in [2.45, 2.75) is 65.8 Å². The van der Waals surface area contributed by atoms with Gasteiger partial charge in [-0.3, -0.25) is 9.59 Å². The standard InChI is InChI=1S/C23H34N2O2/c1-16(2)23(27)24-12-9-19(10-13-24)15-22(26)25-11-5-6-21(25)20-8-7-17(3)18(4)14-20/h7-8,14,16,19,21H,5-6,9-13,15H2,1-4H3/t21-/m0/s1. The maximum absolute atomic E-state index is 13.0. The number of likely N-dealkylation sites (tertiary alicyclic amines) is 2. The molecule has 2 aliphatic heterocycles. The van der Waals surface area contributed by atoms with E-state index >= 15 is 0 Å². The van der Waals surface area contributed by atoms with Crippen molar-refractivity contribution < 1.29 is 9.59 Å². The molecule has 0 N–H and O–H groups in total. The Morgan fingerprint density at radius 1 is 1.04 bits per heavy atom. The molecule has 2 saturated heterocycles. The highest BCUT2D eigenvalue weighted by Gasteiger charge is 2.32. The van der Waals surface area contributed by atoms with Gasteiger partial charge in [0.25, 0.3) is 0 Å². The molecule has 148 valence electrons. The minimum atomic E-state index is 0.0616. The first kappa shape index (κ1) is 19.9. The number of amides is 2. The van der Waals surface area contributed by atoms with E-state index in [4.69, 9.17) is 0 Å². The maximum atomic E-state index is 13.0. The summed E-state index contributed by atoms with van der Waals surface area (Å²) in [6, 6.07) is 6.85. The van der Waals surface area contributed by atoms with Crippen molar-refractivity contribution in [2.24, 2.45) is 11.8 Å². The summed E-state index contributed by atoms with van der Waals surface area (Å²) in [7, 11) is 0. The largest absolute Gasteiger partial charge is 0.342 e. The minimum Gasteiger partial charge on any atom is -0.342 e. The first-order valence-corrected chi connectivity index (χ1v) is 10.5. The van der Waals surface area contributed by atoms with Crippen LogP contribution in [0.4, 0.5) is 0 Å². The number of aryl methyl sites for hydroxylation is 2. The molecule has 3 rings (SSSR count). The van der Waals surface area contributed by atoms with Crippen molar-refractivity contribution in [3.05, 3.63) is 34.9 Å². The normalized spacial score (nSPS) is 21.1. The van der Waals surface area contributed by atoms with Crippen molar-refractivity contribution in [2.75, 3.05) is 19.6 Å². The summed E-state index contributed by atoms with van der Waals surface area (Å²) < 4.78 is 0. The molecule has 0 spiro atoms. The van der Waals surface area contributed by atoms with Gasteiger partial charge in [-0.25, -0.2) is 0 Å². The van der Waals surface area contributed by atoms with Gasteiger partial charge in [0.15, 0.2) is 0 Å². The van der Waals surface area contributed by atoms with E-state index < -0.39 is 0 Å². The molecule has 0 aliphatic carbocycles. The van der Waals surface area contributed by atoms with Crippen LogP contribution in [0.2, 0.25) is 0 Å². The molecule has 1 atom stereocenters. The monoisotopic (exact) mass is 370 g/mol. The van der Waals surface area contributed by atoms with Crippen LogP contribution in [-0.4, -0.2) is 41.2 Å². The molecule has 1 aromatic rings. The zero-order valence-electron chi connectivity index (χ0n) is 17.3. The smallest absolute Gasteiger partial charge is 0.225 e. The molecule has 0 bridgehead atoms. The SMILES string of the molecule is Cc1ccc([C@@H]2CCCN2C(=O)CC2CCN(C(=O)C(C)C)CC2)cc1C. The highest BCUT2D eigenvalue weighted by atomic mass is 16.2. The van der Waals surface area contributed by atoms with Gasteiger partial charge >= 0.3 is 0 Å². The van der Waals surface area contributed by atoms with Crippen LogP contribution in [-0.2, 0) is 9.59 Å². The van der Waals surface area contributed by atoms with Gasteiger partial charge in [-0.05, 0) is 62.1 Å². The third-order valence-electron chi connectivity index (χ3n) is 6.37. The van der Waals surface area contributed by atoms with E-state index in [1.165, 1.54) is 16.7 Å². The molecule has 2 aliphatic rings. The molecule has 2 heterocycles. The fourth-order valence-electron chi connectivity index (χ4n) is 4.47. The second kappa shape index (κ2) is 8.45. The molecular formula is C23H34N2O2. The van der Waals surface area contributed by atoms with Gasteiger partial charge in [-0.15, -0.1) is 0 Å². The Balaban J connectivity index is 1.57. The number of benzene rings is 1. The second-order valence-electron chi connectivity index (χ2n) is 8.72. The van der Waals surface area contributed by atoms with Crippen LogP contribution in [0.3, 0.4) is 0 Å². The fourth-order valence-corrected chi connectivity index (χ4v) is 4.47. The van der Waals surface area contributed by atoms with E-state index in [9.17, 15) is 9.59 Å². The number of carbonyl (C=O) groups is 2. The van der Waals surface area contributed by atoms with Gasteiger partial charge in [0.1, 0.15) is 0 Å². The number of nitrogens with zero attached hydrogens (tertiary/aromatic N) is 2. The molecule has 27 heavy (non-hydrogen) atoms. The topological polar surface area (TPSA) is 40.6 Å². The summed E-state index contributed by atoms with van der Waals surface area (Å²) in [5, 5.41) is 0. The molecule has 2 fully saturated rings. The van der Waals surface area contributed by atoms with E-state index in [0.29, 0.717) is 18.2 Å². The highest BCUT2D eigenvalue weighted by Crippen LogP contribution is 2.34. The van der Waals surface area contributed by atoms with Crippen LogP contribution in [0.25, 0.3) is 0 Å². The predicted molar refractivity (Wildman–Crippen MR) is 108 cm³/mol. The Kier molecular flexibility index (Phi) is 6.23. The molecule has 4 heteroatoms. The number of hydrogen-bond acceptors (Lipinski definition) is 2. The van der Waals surface area contributed by atoms with Crippen LogP contribution in [0.1, 0.15) is 68.7 Å². The van der Waals surface area contributed by atoms with Crippen LogP contribution < -0.4 is 0 Å². The van der Waals surface area contributed by atoms with Gasteiger partial charge in [-0.1, -0.05) is 32.0 Å². The number of carbonyl (C=O) groups excluding carboxylic acids is 2. The highest BCUT2D eigenvalue weighted by molar-refractivity contribution is 5.79. The van der Waals surface area contributed by atoms with E-state index in [1.807, 2.05) is 18.7 Å². The molecule has 2 amide bonds. The average molecular weight is 371 g/mol. The zero-order chi connectivity index (χ0) is 19.6. The lowest BCUT2D eigenvalue weighted by Crippen LogP contribution is -2.41. The lowest BCUT2D eigenvalue weighted by Gasteiger charge is -2.34. The Bertz CT molecular complexity index is 690. The Hall–Kier alpha value is -1.84. The van der Waals surface area contributed by atoms with E-state index in [1.54, 1.807) is 0 Å². The summed E-state index contributed by atoms with van der Waals surface area (Å²) in [6.45, 7) is 10.7. The number of hydrogen-bond donors (Lipinski definition) is 0. The summed E-state index contributed by atoms with van der Waals surface area (Å²) in [5.74, 6) is 1.01. The Labute approximate surface area is 163 Å². The number of rotatable bonds is 4. The van der Waals surface area contributed by atoms with Gasteiger partial charge in [0, 0.05) is 32.0 Å². The van der Waals surface area contributed by atoms with E-state index in [2.05, 4.69) is 36.9 Å². The van der Waals surface area contributed by atoms with Crippen LogP contribution >= 0.6 is 0 Å². The predicted octanol–water partition coefficient (Wildman–Crippen LogP) is 4.25. The number of piperidine rings is 1. The zero-order valence-corrected chi connectivity index (χ0v) is 17.3. The van der Waals surface area contributed by atoms with Crippen molar-refractivity contribution in [3.63, 3.8) is 0 Å². The van der Waals surface area contributed by atoms with E-state index in [-0.39, 0.29) is 17.9 Å². The van der Waals surface area contributed by atoms with Crippen molar-refractivity contribution in [1.29, 1.82) is 0 Å². The maximum Gasteiger partial charge on any atom is 0.225 e. The Morgan fingerprint density at radius 2 is 1.74 bits per heavy atom. The Morgan fingerprint density at radius 3 is 2.37 bits per heavy atom. The summed E-state index contributed by atoms with van der Waals surface area (Å²) in [4.78, 5) is 29.2. The summed E-state index contributed by atoms with van der Waals surface area (Å²) in [6.07, 6.45) is 4.68. The quantitative estimate of drug-likeness (QED) is 0.795. The summed E-state index contributed by atoms with van der Waals surface area (Å²) in [5.41, 5.74) is 3.88. The molecule has 0 unspecified atom stereocenters. The third-order valence-corrected chi connectivity index (χ3v) is 6.37. The van der Waals surface area contributed by atoms with Crippen LogP contribution in [0.5, 0.6) is 0 Å². The molecule has 1 aromatic carbocycles. The first-order chi connectivity index (χ1) is 12.9. The van der Waals surface area contributed by atoms with Crippen molar-refractivity contribution in [3.8, 4) is 0 Å². The molecule has 0 saturated carbocycles. The van der Waals surface area contributed by atoms with Crippen LogP contribution in [0.15, 0.2) is 18.2 Å². The average Bonchev–Trinajstić information content (AvgIpc) is 3.14. The molecular weight excluding hydrogens is 336 g/mol. The van der Waals surface area contributed by atoms with Gasteiger partial charge in [-0.2, -0.15) is 0 Å². The minimum absolute atomic E-state index is 0.0616. The van der Waals surface area contributed by atoms with Gasteiger partial charge in [0.05, 0.1) is 6.04 Å². The molecule has 4 nitrogen and oxygen atoms in total. The van der Waals surface area contributed by atoms with Crippen LogP contribution in [0, 0.1) is 25.7 Å². The van der Waals surface area contributed by atoms with Crippen molar-refractivity contribution >= 4 is 11.8 Å². The lowest BCUT2D eigenvalue weighted by molar-refractivity contribution is -0.136. The lowest BCUT2D eigenvalue weighted by atomic mass is 9.92. The fraction of sp³-hybridized carbons (Fsp3) is 0.652. The van der Waals surface area contributed by atoms with E-state index in [0.717, 1.165) is 45.3 Å². The molecule has 0 radical (unpaired) electrons. The van der Waals surface area contributed by atoms with Gasteiger partial charge < -0.3 is 9.80 Å². The van der Waals surface area contributed by atoms with Gasteiger partial charge in [0.2, 0.25) is 11.8 Å². The summed E-state index contributed by atoms with van der Waals surface area (Å²) >= 11 is 0.